The Labute approximate surface area is 104 Å². The second kappa shape index (κ2) is 5.08. The highest BCUT2D eigenvalue weighted by Crippen LogP contribution is 2.10. The molecular weight excluding hydrogens is 233 g/mol. The highest BCUT2D eigenvalue weighted by atomic mass is 19.1. The maximum Gasteiger partial charge on any atom is 0.170 e. The van der Waals surface area contributed by atoms with E-state index in [2.05, 4.69) is 10.1 Å². The van der Waals surface area contributed by atoms with Crippen LogP contribution in [-0.4, -0.2) is 20.5 Å². The molecule has 0 aliphatic carbocycles. The molecule has 94 valence electrons. The minimum Gasteiger partial charge on any atom is -0.294 e. The molecule has 0 saturated carbocycles. The number of Topliss-reactive ketones (excluding diaryl/α,β-unsaturated/α-hetero) is 1. The van der Waals surface area contributed by atoms with Crippen molar-refractivity contribution < 1.29 is 9.18 Å². The largest absolute Gasteiger partial charge is 0.294 e. The van der Waals surface area contributed by atoms with Crippen molar-refractivity contribution in [3.05, 3.63) is 47.8 Å². The van der Waals surface area contributed by atoms with Gasteiger partial charge in [0.1, 0.15) is 18.0 Å². The van der Waals surface area contributed by atoms with E-state index in [1.54, 1.807) is 4.68 Å². The van der Waals surface area contributed by atoms with E-state index >= 15 is 0 Å². The van der Waals surface area contributed by atoms with E-state index in [0.29, 0.717) is 11.4 Å². The predicted octanol–water partition coefficient (Wildman–Crippen LogP) is 2.42. The fraction of sp³-hybridized carbons (Fsp3) is 0.308. The fourth-order valence-electron chi connectivity index (χ4n) is 1.71. The van der Waals surface area contributed by atoms with Crippen LogP contribution in [0.5, 0.6) is 0 Å². The lowest BCUT2D eigenvalue weighted by Gasteiger charge is -2.08. The minimum absolute atomic E-state index is 0.0927. The van der Waals surface area contributed by atoms with Crippen molar-refractivity contribution in [2.75, 3.05) is 0 Å². The summed E-state index contributed by atoms with van der Waals surface area (Å²) in [6.07, 6.45) is 1.61. The van der Waals surface area contributed by atoms with Gasteiger partial charge in [-0.05, 0) is 38.1 Å². The van der Waals surface area contributed by atoms with E-state index in [4.69, 9.17) is 0 Å². The van der Waals surface area contributed by atoms with Gasteiger partial charge in [0.25, 0.3) is 0 Å². The first-order valence-electron chi connectivity index (χ1n) is 5.75. The summed E-state index contributed by atoms with van der Waals surface area (Å²) in [5.74, 6) is 0.182. The van der Waals surface area contributed by atoms with Gasteiger partial charge in [-0.2, -0.15) is 5.10 Å². The van der Waals surface area contributed by atoms with Crippen molar-refractivity contribution in [3.8, 4) is 0 Å². The molecule has 0 aliphatic heterocycles. The maximum atomic E-state index is 12.8. The molecule has 0 saturated heterocycles. The average molecular weight is 247 g/mol. The van der Waals surface area contributed by atoms with Crippen molar-refractivity contribution in [2.24, 2.45) is 0 Å². The number of halogens is 1. The quantitative estimate of drug-likeness (QED) is 0.779. The SMILES string of the molecule is CC(C)n1ncnc1CC(=O)c1ccc(F)cc1. The summed E-state index contributed by atoms with van der Waals surface area (Å²) < 4.78 is 14.5. The number of hydrogen-bond acceptors (Lipinski definition) is 3. The molecule has 0 amide bonds. The third kappa shape index (κ3) is 2.61. The van der Waals surface area contributed by atoms with Crippen LogP contribution in [0.1, 0.15) is 36.1 Å². The molecule has 0 spiro atoms. The van der Waals surface area contributed by atoms with Crippen LogP contribution in [-0.2, 0) is 6.42 Å². The first kappa shape index (κ1) is 12.4. The summed E-state index contributed by atoms with van der Waals surface area (Å²) >= 11 is 0. The lowest BCUT2D eigenvalue weighted by molar-refractivity contribution is 0.0989. The van der Waals surface area contributed by atoms with Gasteiger partial charge in [0, 0.05) is 11.6 Å². The molecule has 0 atom stereocenters. The molecule has 5 heteroatoms. The number of carbonyl (C=O) groups is 1. The zero-order chi connectivity index (χ0) is 13.1. The highest BCUT2D eigenvalue weighted by Gasteiger charge is 2.13. The summed E-state index contributed by atoms with van der Waals surface area (Å²) in [5, 5.41) is 4.07. The lowest BCUT2D eigenvalue weighted by Crippen LogP contribution is -2.13. The van der Waals surface area contributed by atoms with Crippen molar-refractivity contribution in [1.29, 1.82) is 0 Å². The number of ketones is 1. The molecule has 1 aromatic heterocycles. The molecule has 0 N–H and O–H groups in total. The number of hydrogen-bond donors (Lipinski definition) is 0. The molecule has 1 heterocycles. The van der Waals surface area contributed by atoms with E-state index in [-0.39, 0.29) is 24.1 Å². The number of nitrogens with zero attached hydrogens (tertiary/aromatic N) is 3. The van der Waals surface area contributed by atoms with Crippen LogP contribution in [0.4, 0.5) is 4.39 Å². The van der Waals surface area contributed by atoms with Gasteiger partial charge in [-0.15, -0.1) is 0 Å². The first-order chi connectivity index (χ1) is 8.58. The van der Waals surface area contributed by atoms with Gasteiger partial charge in [0.05, 0.1) is 6.42 Å². The second-order valence-electron chi connectivity index (χ2n) is 4.32. The predicted molar refractivity (Wildman–Crippen MR) is 64.8 cm³/mol. The maximum absolute atomic E-state index is 12.8. The normalized spacial score (nSPS) is 10.9. The minimum atomic E-state index is -0.350. The third-order valence-electron chi connectivity index (χ3n) is 2.62. The molecule has 0 fully saturated rings. The smallest absolute Gasteiger partial charge is 0.170 e. The molecule has 18 heavy (non-hydrogen) atoms. The van der Waals surface area contributed by atoms with E-state index in [1.165, 1.54) is 30.6 Å². The van der Waals surface area contributed by atoms with E-state index in [9.17, 15) is 9.18 Å². The van der Waals surface area contributed by atoms with Gasteiger partial charge in [0.15, 0.2) is 5.78 Å². The van der Waals surface area contributed by atoms with Crippen molar-refractivity contribution in [1.82, 2.24) is 14.8 Å². The van der Waals surface area contributed by atoms with E-state index in [0.717, 1.165) is 0 Å². The summed E-state index contributed by atoms with van der Waals surface area (Å²) in [7, 11) is 0. The van der Waals surface area contributed by atoms with Crippen molar-refractivity contribution >= 4 is 5.78 Å². The number of carbonyl (C=O) groups excluding carboxylic acids is 1. The average Bonchev–Trinajstić information content (AvgIpc) is 2.78. The van der Waals surface area contributed by atoms with Crippen LogP contribution in [0.2, 0.25) is 0 Å². The summed E-state index contributed by atoms with van der Waals surface area (Å²) in [6.45, 7) is 3.95. The standard InChI is InChI=1S/C13H14FN3O/c1-9(2)17-13(15-8-16-17)7-12(18)10-3-5-11(14)6-4-10/h3-6,8-9H,7H2,1-2H3. The highest BCUT2D eigenvalue weighted by molar-refractivity contribution is 5.97. The molecule has 0 bridgehead atoms. The van der Waals surface area contributed by atoms with Gasteiger partial charge in [-0.25, -0.2) is 14.1 Å². The zero-order valence-electron chi connectivity index (χ0n) is 10.3. The van der Waals surface area contributed by atoms with Crippen LogP contribution in [0.3, 0.4) is 0 Å². The Bertz CT molecular complexity index is 546. The fourth-order valence-corrected chi connectivity index (χ4v) is 1.71. The van der Waals surface area contributed by atoms with Gasteiger partial charge >= 0.3 is 0 Å². The Hall–Kier alpha value is -2.04. The molecule has 4 nitrogen and oxygen atoms in total. The van der Waals surface area contributed by atoms with Crippen LogP contribution in [0.15, 0.2) is 30.6 Å². The first-order valence-corrected chi connectivity index (χ1v) is 5.75. The number of aromatic nitrogens is 3. The Morgan fingerprint density at radius 1 is 1.33 bits per heavy atom. The molecule has 2 aromatic rings. The second-order valence-corrected chi connectivity index (χ2v) is 4.32. The Morgan fingerprint density at radius 2 is 2.00 bits per heavy atom. The van der Waals surface area contributed by atoms with Gasteiger partial charge in [-0.1, -0.05) is 0 Å². The summed E-state index contributed by atoms with van der Waals surface area (Å²) in [6, 6.07) is 5.67. The van der Waals surface area contributed by atoms with Gasteiger partial charge in [-0.3, -0.25) is 4.79 Å². The molecule has 1 aromatic carbocycles. The Balaban J connectivity index is 2.16. The Kier molecular flexibility index (Phi) is 3.50. The van der Waals surface area contributed by atoms with Crippen molar-refractivity contribution in [3.63, 3.8) is 0 Å². The zero-order valence-corrected chi connectivity index (χ0v) is 10.3. The number of rotatable bonds is 4. The molecule has 0 aliphatic rings. The Morgan fingerprint density at radius 3 is 2.61 bits per heavy atom. The van der Waals surface area contributed by atoms with Crippen molar-refractivity contribution in [2.45, 2.75) is 26.3 Å². The van der Waals surface area contributed by atoms with Crippen LogP contribution in [0, 0.1) is 5.82 Å². The molecule has 0 unspecified atom stereocenters. The van der Waals surface area contributed by atoms with Crippen LogP contribution >= 0.6 is 0 Å². The molecule has 0 radical (unpaired) electrons. The van der Waals surface area contributed by atoms with Gasteiger partial charge in [0.2, 0.25) is 0 Å². The monoisotopic (exact) mass is 247 g/mol. The summed E-state index contributed by atoms with van der Waals surface area (Å²) in [5.41, 5.74) is 0.481. The van der Waals surface area contributed by atoms with Crippen LogP contribution in [0.25, 0.3) is 0 Å². The topological polar surface area (TPSA) is 47.8 Å². The molecular formula is C13H14FN3O. The number of benzene rings is 1. The van der Waals surface area contributed by atoms with E-state index < -0.39 is 0 Å². The lowest BCUT2D eigenvalue weighted by atomic mass is 10.1. The summed E-state index contributed by atoms with van der Waals surface area (Å²) in [4.78, 5) is 16.1. The van der Waals surface area contributed by atoms with E-state index in [1.807, 2.05) is 13.8 Å². The van der Waals surface area contributed by atoms with Crippen LogP contribution < -0.4 is 0 Å². The molecule has 2 rings (SSSR count). The third-order valence-corrected chi connectivity index (χ3v) is 2.62. The van der Waals surface area contributed by atoms with Gasteiger partial charge < -0.3 is 0 Å².